The molecule has 2 aromatic heterocycles. The molecule has 3 aromatic rings. The summed E-state index contributed by atoms with van der Waals surface area (Å²) in [7, 11) is -3.48. The van der Waals surface area contributed by atoms with E-state index < -0.39 is 9.84 Å². The number of sulfone groups is 1. The van der Waals surface area contributed by atoms with E-state index in [1.807, 2.05) is 6.92 Å². The number of piperidine rings is 1. The predicted octanol–water partition coefficient (Wildman–Crippen LogP) is 2.23. The molecule has 0 saturated carbocycles. The van der Waals surface area contributed by atoms with Gasteiger partial charge in [0, 0.05) is 37.8 Å². The summed E-state index contributed by atoms with van der Waals surface area (Å²) >= 11 is 0. The van der Waals surface area contributed by atoms with E-state index in [1.54, 1.807) is 41.6 Å². The maximum absolute atomic E-state index is 12.7. The molecule has 3 heterocycles. The van der Waals surface area contributed by atoms with E-state index in [0.29, 0.717) is 18.7 Å². The van der Waals surface area contributed by atoms with Crippen molar-refractivity contribution in [2.75, 3.05) is 18.8 Å². The molecule has 1 aliphatic rings. The molecular weight excluding hydrogens is 390 g/mol. The zero-order valence-corrected chi connectivity index (χ0v) is 17.0. The third kappa shape index (κ3) is 4.14. The molecule has 0 aliphatic carbocycles. The third-order valence-electron chi connectivity index (χ3n) is 5.36. The van der Waals surface area contributed by atoms with E-state index in [-0.39, 0.29) is 28.9 Å². The summed E-state index contributed by atoms with van der Waals surface area (Å²) in [5.74, 6) is -0.238. The predicted molar refractivity (Wildman–Crippen MR) is 108 cm³/mol. The van der Waals surface area contributed by atoms with Gasteiger partial charge in [0.1, 0.15) is 5.52 Å². The number of aromatic amines is 1. The monoisotopic (exact) mass is 413 g/mol. The van der Waals surface area contributed by atoms with Gasteiger partial charge in [0.05, 0.1) is 16.3 Å². The minimum absolute atomic E-state index is 0.0214. The number of nitrogens with zero attached hydrogens (tertiary/aromatic N) is 4. The molecule has 1 saturated heterocycles. The van der Waals surface area contributed by atoms with Crippen molar-refractivity contribution < 1.29 is 13.2 Å². The normalized spacial score (nSPS) is 17.6. The molecule has 0 spiro atoms. The van der Waals surface area contributed by atoms with Crippen LogP contribution in [0.3, 0.4) is 0 Å². The van der Waals surface area contributed by atoms with Crippen molar-refractivity contribution in [1.29, 1.82) is 0 Å². The van der Waals surface area contributed by atoms with E-state index >= 15 is 0 Å². The van der Waals surface area contributed by atoms with Crippen molar-refractivity contribution in [1.82, 2.24) is 25.1 Å². The van der Waals surface area contributed by atoms with Crippen molar-refractivity contribution >= 4 is 26.9 Å². The highest BCUT2D eigenvalue weighted by Gasteiger charge is 2.28. The van der Waals surface area contributed by atoms with Crippen LogP contribution in [0.4, 0.5) is 0 Å². The van der Waals surface area contributed by atoms with E-state index in [9.17, 15) is 13.2 Å². The molecule has 8 nitrogen and oxygen atoms in total. The Labute approximate surface area is 169 Å². The number of fused-ring (bicyclic) bond motifs is 1. The van der Waals surface area contributed by atoms with Crippen LogP contribution in [0.2, 0.25) is 0 Å². The fraction of sp³-hybridized carbons (Fsp3) is 0.400. The molecule has 29 heavy (non-hydrogen) atoms. The van der Waals surface area contributed by atoms with Gasteiger partial charge in [0.25, 0.3) is 0 Å². The molecule has 9 heteroatoms. The smallest absolute Gasteiger partial charge is 0.223 e. The number of aromatic nitrogens is 4. The lowest BCUT2D eigenvalue weighted by molar-refractivity contribution is -0.132. The van der Waals surface area contributed by atoms with Gasteiger partial charge in [-0.2, -0.15) is 5.10 Å². The largest absolute Gasteiger partial charge is 0.342 e. The minimum Gasteiger partial charge on any atom is -0.342 e. The first kappa shape index (κ1) is 19.5. The molecule has 1 atom stereocenters. The van der Waals surface area contributed by atoms with Gasteiger partial charge in [-0.3, -0.25) is 9.89 Å². The summed E-state index contributed by atoms with van der Waals surface area (Å²) in [6, 6.07) is 6.72. The molecule has 1 aliphatic heterocycles. The highest BCUT2D eigenvalue weighted by atomic mass is 32.2. The first-order valence-electron chi connectivity index (χ1n) is 9.66. The number of hydrogen-bond acceptors (Lipinski definition) is 6. The summed E-state index contributed by atoms with van der Waals surface area (Å²) in [4.78, 5) is 23.3. The SMILES string of the molecule is Cc1ccc(S(=O)(=O)CCC(=O)N2CCC[C@@H](c3[nH]nc4nccnc34)C2)cc1. The van der Waals surface area contributed by atoms with E-state index in [0.717, 1.165) is 29.6 Å². The van der Waals surface area contributed by atoms with Crippen LogP contribution < -0.4 is 0 Å². The highest BCUT2D eigenvalue weighted by molar-refractivity contribution is 7.91. The summed E-state index contributed by atoms with van der Waals surface area (Å²) in [6.07, 6.45) is 4.97. The molecule has 0 bridgehead atoms. The van der Waals surface area contributed by atoms with Crippen LogP contribution >= 0.6 is 0 Å². The third-order valence-corrected chi connectivity index (χ3v) is 7.10. The number of likely N-dealkylation sites (tertiary alicyclic amines) is 1. The van der Waals surface area contributed by atoms with Gasteiger partial charge in [-0.1, -0.05) is 17.7 Å². The molecule has 1 N–H and O–H groups in total. The Kier molecular flexibility index (Phi) is 5.31. The number of aryl methyl sites for hydroxylation is 1. The average Bonchev–Trinajstić information content (AvgIpc) is 3.17. The van der Waals surface area contributed by atoms with Gasteiger partial charge in [-0.05, 0) is 31.9 Å². The average molecular weight is 414 g/mol. The Morgan fingerprint density at radius 1 is 1.21 bits per heavy atom. The first-order valence-corrected chi connectivity index (χ1v) is 11.3. The Balaban J connectivity index is 1.42. The molecule has 0 unspecified atom stereocenters. The second kappa shape index (κ2) is 7.90. The highest BCUT2D eigenvalue weighted by Crippen LogP contribution is 2.29. The van der Waals surface area contributed by atoms with E-state index in [1.165, 1.54) is 0 Å². The Bertz CT molecular complexity index is 1120. The standard InChI is InChI=1S/C20H23N5O3S/c1-14-4-6-16(7-5-14)29(27,28)12-8-17(26)25-11-2-3-15(13-25)18-19-20(24-23-18)22-10-9-21-19/h4-7,9-10,15H,2-3,8,11-13H2,1H3,(H,22,23,24)/t15-/m1/s1. The molecule has 4 rings (SSSR count). The van der Waals surface area contributed by atoms with Gasteiger partial charge in [-0.25, -0.2) is 18.4 Å². The molecule has 0 radical (unpaired) electrons. The maximum Gasteiger partial charge on any atom is 0.223 e. The van der Waals surface area contributed by atoms with Crippen LogP contribution in [0, 0.1) is 6.92 Å². The van der Waals surface area contributed by atoms with Crippen LogP contribution in [0.25, 0.3) is 11.2 Å². The molecule has 1 aromatic carbocycles. The van der Waals surface area contributed by atoms with Crippen molar-refractivity contribution in [3.63, 3.8) is 0 Å². The minimum atomic E-state index is -3.48. The number of hydrogen-bond donors (Lipinski definition) is 1. The Morgan fingerprint density at radius 2 is 1.97 bits per heavy atom. The van der Waals surface area contributed by atoms with Crippen molar-refractivity contribution in [2.24, 2.45) is 0 Å². The van der Waals surface area contributed by atoms with Gasteiger partial charge >= 0.3 is 0 Å². The van der Waals surface area contributed by atoms with Crippen molar-refractivity contribution in [2.45, 2.75) is 37.0 Å². The maximum atomic E-state index is 12.7. The van der Waals surface area contributed by atoms with Gasteiger partial charge < -0.3 is 4.90 Å². The zero-order chi connectivity index (χ0) is 20.4. The summed E-state index contributed by atoms with van der Waals surface area (Å²) < 4.78 is 25.1. The number of rotatable bonds is 5. The fourth-order valence-corrected chi connectivity index (χ4v) is 4.97. The van der Waals surface area contributed by atoms with Crippen LogP contribution in [0.5, 0.6) is 0 Å². The summed E-state index contributed by atoms with van der Waals surface area (Å²) in [5, 5.41) is 7.21. The molecule has 1 fully saturated rings. The summed E-state index contributed by atoms with van der Waals surface area (Å²) in [6.45, 7) is 3.07. The lowest BCUT2D eigenvalue weighted by Gasteiger charge is -2.32. The number of amides is 1. The topological polar surface area (TPSA) is 109 Å². The second-order valence-electron chi connectivity index (χ2n) is 7.43. The van der Waals surface area contributed by atoms with Gasteiger partial charge in [0.15, 0.2) is 15.5 Å². The van der Waals surface area contributed by atoms with Gasteiger partial charge in [-0.15, -0.1) is 0 Å². The van der Waals surface area contributed by atoms with Crippen LogP contribution in [0.15, 0.2) is 41.6 Å². The lowest BCUT2D eigenvalue weighted by Crippen LogP contribution is -2.39. The number of carbonyl (C=O) groups is 1. The van der Waals surface area contributed by atoms with Crippen molar-refractivity contribution in [3.8, 4) is 0 Å². The van der Waals surface area contributed by atoms with E-state index in [4.69, 9.17) is 0 Å². The number of carbonyl (C=O) groups excluding carboxylic acids is 1. The van der Waals surface area contributed by atoms with Crippen molar-refractivity contribution in [3.05, 3.63) is 47.9 Å². The zero-order valence-electron chi connectivity index (χ0n) is 16.2. The quantitative estimate of drug-likeness (QED) is 0.687. The molecule has 1 amide bonds. The first-order chi connectivity index (χ1) is 13.9. The fourth-order valence-electron chi connectivity index (χ4n) is 3.74. The van der Waals surface area contributed by atoms with Crippen LogP contribution in [-0.2, 0) is 14.6 Å². The Hall–Kier alpha value is -2.81. The second-order valence-corrected chi connectivity index (χ2v) is 9.54. The lowest BCUT2D eigenvalue weighted by atomic mass is 9.94. The van der Waals surface area contributed by atoms with Gasteiger partial charge in [0.2, 0.25) is 5.91 Å². The van der Waals surface area contributed by atoms with Crippen LogP contribution in [-0.4, -0.2) is 58.2 Å². The summed E-state index contributed by atoms with van der Waals surface area (Å²) in [5.41, 5.74) is 3.18. The number of benzene rings is 1. The number of H-pyrrole nitrogens is 1. The molecular formula is C20H23N5O3S. The molecule has 152 valence electrons. The number of nitrogens with one attached hydrogen (secondary N) is 1. The van der Waals surface area contributed by atoms with E-state index in [2.05, 4.69) is 20.2 Å². The Morgan fingerprint density at radius 3 is 2.76 bits per heavy atom. The van der Waals surface area contributed by atoms with Crippen LogP contribution in [0.1, 0.15) is 36.4 Å².